The predicted molar refractivity (Wildman–Crippen MR) is 119 cm³/mol. The topological polar surface area (TPSA) is 74.8 Å². The molecule has 4 atom stereocenters. The summed E-state index contributed by atoms with van der Waals surface area (Å²) < 4.78 is 20.0. The van der Waals surface area contributed by atoms with E-state index < -0.39 is 5.82 Å². The number of hydrogen-bond donors (Lipinski definition) is 3. The Balaban J connectivity index is 1.40. The third-order valence-electron chi connectivity index (χ3n) is 7.02. The Labute approximate surface area is 182 Å². The molecule has 3 fully saturated rings. The third kappa shape index (κ3) is 3.97. The highest BCUT2D eigenvalue weighted by Gasteiger charge is 2.49. The summed E-state index contributed by atoms with van der Waals surface area (Å²) in [6.45, 7) is 0.621. The van der Waals surface area contributed by atoms with Crippen LogP contribution in [0.4, 0.5) is 10.1 Å². The van der Waals surface area contributed by atoms with Crippen molar-refractivity contribution in [2.45, 2.75) is 55.8 Å². The average Bonchev–Trinajstić information content (AvgIpc) is 3.50. The number of nitrogens with one attached hydrogen (secondary N) is 3. The molecule has 3 N–H and O–H groups in total. The van der Waals surface area contributed by atoms with Crippen molar-refractivity contribution in [3.63, 3.8) is 0 Å². The molecule has 1 amide bonds. The molecule has 5 rings (SSSR count). The van der Waals surface area contributed by atoms with E-state index in [0.717, 1.165) is 24.3 Å². The maximum Gasteiger partial charge on any atom is 0.241 e. The van der Waals surface area contributed by atoms with Gasteiger partial charge >= 0.3 is 0 Å². The Morgan fingerprint density at radius 1 is 1.39 bits per heavy atom. The summed E-state index contributed by atoms with van der Waals surface area (Å²) in [4.78, 5) is 17.0. The van der Waals surface area contributed by atoms with Crippen LogP contribution in [-0.4, -0.2) is 44.0 Å². The molecule has 31 heavy (non-hydrogen) atoms. The average molecular weight is 425 g/mol. The Morgan fingerprint density at radius 2 is 2.26 bits per heavy atom. The van der Waals surface area contributed by atoms with Crippen molar-refractivity contribution in [2.24, 2.45) is 10.9 Å². The molecule has 4 aliphatic rings. The van der Waals surface area contributed by atoms with E-state index in [1.54, 1.807) is 13.2 Å². The molecular formula is C24H29FN4O2. The van der Waals surface area contributed by atoms with E-state index in [9.17, 15) is 9.18 Å². The van der Waals surface area contributed by atoms with Gasteiger partial charge in [-0.25, -0.2) is 4.39 Å². The molecular weight excluding hydrogens is 395 g/mol. The number of nitrogens with zero attached hydrogens (tertiary/aromatic N) is 1. The summed E-state index contributed by atoms with van der Waals surface area (Å²) in [5, 5.41) is 9.65. The lowest BCUT2D eigenvalue weighted by atomic mass is 9.68. The molecule has 1 aromatic carbocycles. The molecule has 1 aromatic rings. The highest BCUT2D eigenvalue weighted by atomic mass is 19.1. The maximum absolute atomic E-state index is 14.7. The van der Waals surface area contributed by atoms with Crippen LogP contribution < -0.4 is 16.0 Å². The second kappa shape index (κ2) is 8.30. The zero-order valence-corrected chi connectivity index (χ0v) is 17.7. The van der Waals surface area contributed by atoms with Gasteiger partial charge in [0.05, 0.1) is 29.4 Å². The molecule has 2 unspecified atom stereocenters. The molecule has 0 spiro atoms. The molecule has 3 aliphatic heterocycles. The number of fused-ring (bicyclic) bond motifs is 1. The number of carbonyl (C=O) groups is 1. The summed E-state index contributed by atoms with van der Waals surface area (Å²) in [5.74, 6) is 0.129. The van der Waals surface area contributed by atoms with Gasteiger partial charge in [-0.3, -0.25) is 15.1 Å². The number of amides is 1. The molecule has 1 saturated carbocycles. The molecule has 7 heteroatoms. The van der Waals surface area contributed by atoms with Crippen LogP contribution in [0, 0.1) is 11.7 Å². The van der Waals surface area contributed by atoms with Crippen molar-refractivity contribution in [1.82, 2.24) is 10.6 Å². The van der Waals surface area contributed by atoms with Gasteiger partial charge in [0.2, 0.25) is 5.91 Å². The smallest absolute Gasteiger partial charge is 0.241 e. The first-order valence-corrected chi connectivity index (χ1v) is 11.1. The lowest BCUT2D eigenvalue weighted by Crippen LogP contribution is -2.62. The highest BCUT2D eigenvalue weighted by molar-refractivity contribution is 5.95. The minimum absolute atomic E-state index is 0.00521. The van der Waals surface area contributed by atoms with Crippen molar-refractivity contribution in [3.05, 3.63) is 53.5 Å². The minimum Gasteiger partial charge on any atom is -0.380 e. The van der Waals surface area contributed by atoms with Gasteiger partial charge in [-0.2, -0.15) is 0 Å². The lowest BCUT2D eigenvalue weighted by Gasteiger charge is -2.52. The Kier molecular flexibility index (Phi) is 5.50. The molecule has 2 saturated heterocycles. The highest BCUT2D eigenvalue weighted by Crippen LogP contribution is 2.48. The number of benzene rings is 1. The Morgan fingerprint density at radius 3 is 3.03 bits per heavy atom. The number of aliphatic imine (C=N–C) groups is 1. The normalized spacial score (nSPS) is 31.5. The van der Waals surface area contributed by atoms with Gasteiger partial charge in [0.1, 0.15) is 5.82 Å². The fourth-order valence-electron chi connectivity index (χ4n) is 4.95. The quantitative estimate of drug-likeness (QED) is 0.629. The van der Waals surface area contributed by atoms with E-state index in [1.807, 2.05) is 18.5 Å². The van der Waals surface area contributed by atoms with Gasteiger partial charge in [-0.15, -0.1) is 0 Å². The molecule has 6 nitrogen and oxygen atoms in total. The molecule has 0 aromatic heterocycles. The van der Waals surface area contributed by atoms with E-state index in [4.69, 9.17) is 4.74 Å². The maximum atomic E-state index is 14.7. The summed E-state index contributed by atoms with van der Waals surface area (Å²) >= 11 is 0. The van der Waals surface area contributed by atoms with Crippen LogP contribution in [0.1, 0.15) is 37.7 Å². The molecule has 164 valence electrons. The number of methoxy groups -OCH3 is 1. The summed E-state index contributed by atoms with van der Waals surface area (Å²) in [5.41, 5.74) is 2.09. The van der Waals surface area contributed by atoms with E-state index in [1.165, 1.54) is 24.5 Å². The molecule has 3 heterocycles. The summed E-state index contributed by atoms with van der Waals surface area (Å²) in [6.07, 6.45) is 13.0. The number of anilines is 1. The van der Waals surface area contributed by atoms with Crippen molar-refractivity contribution < 1.29 is 13.9 Å². The van der Waals surface area contributed by atoms with Gasteiger partial charge in [-0.05, 0) is 60.6 Å². The molecule has 0 radical (unpaired) electrons. The van der Waals surface area contributed by atoms with Gasteiger partial charge < -0.3 is 15.4 Å². The number of carbonyl (C=O) groups excluding carboxylic acids is 1. The van der Waals surface area contributed by atoms with Crippen LogP contribution in [0.25, 0.3) is 0 Å². The largest absolute Gasteiger partial charge is 0.380 e. The van der Waals surface area contributed by atoms with Crippen molar-refractivity contribution in [3.8, 4) is 0 Å². The summed E-state index contributed by atoms with van der Waals surface area (Å²) in [7, 11) is 1.64. The number of ether oxygens (including phenoxy) is 1. The lowest BCUT2D eigenvalue weighted by molar-refractivity contribution is -0.118. The van der Waals surface area contributed by atoms with Crippen molar-refractivity contribution in [2.75, 3.05) is 19.0 Å². The van der Waals surface area contributed by atoms with E-state index in [-0.39, 0.29) is 35.3 Å². The van der Waals surface area contributed by atoms with Gasteiger partial charge in [0.25, 0.3) is 0 Å². The zero-order chi connectivity index (χ0) is 21.4. The third-order valence-corrected chi connectivity index (χ3v) is 7.02. The fraction of sp³-hybridized carbons (Fsp3) is 0.500. The van der Waals surface area contributed by atoms with E-state index >= 15 is 0 Å². The van der Waals surface area contributed by atoms with Crippen LogP contribution in [0.3, 0.4) is 0 Å². The minimum atomic E-state index is -0.428. The first-order chi connectivity index (χ1) is 15.1. The van der Waals surface area contributed by atoms with Gasteiger partial charge in [0.15, 0.2) is 0 Å². The Hall–Kier alpha value is -2.35. The predicted octanol–water partition coefficient (Wildman–Crippen LogP) is 3.02. The number of halogens is 1. The Bertz CT molecular complexity index is 955. The van der Waals surface area contributed by atoms with Crippen LogP contribution in [0.5, 0.6) is 0 Å². The SMILES string of the molecule is CO[C@H]1CN[C@@H](C(=O)Nc2cc(C3(CCC4CC4)NC4C=CN=CC=C43)ccc2F)C1. The summed E-state index contributed by atoms with van der Waals surface area (Å²) in [6, 6.07) is 4.84. The van der Waals surface area contributed by atoms with E-state index in [2.05, 4.69) is 33.1 Å². The molecule has 1 aliphatic carbocycles. The van der Waals surface area contributed by atoms with Crippen LogP contribution in [0.15, 0.2) is 47.1 Å². The second-order valence-electron chi connectivity index (χ2n) is 9.01. The number of allylic oxidation sites excluding steroid dienone is 1. The second-order valence-corrected chi connectivity index (χ2v) is 9.01. The van der Waals surface area contributed by atoms with E-state index in [0.29, 0.717) is 13.0 Å². The van der Waals surface area contributed by atoms with Crippen LogP contribution in [0.2, 0.25) is 0 Å². The fourth-order valence-corrected chi connectivity index (χ4v) is 4.95. The zero-order valence-electron chi connectivity index (χ0n) is 17.7. The van der Waals surface area contributed by atoms with Gasteiger partial charge in [-0.1, -0.05) is 18.9 Å². The first-order valence-electron chi connectivity index (χ1n) is 11.1. The first kappa shape index (κ1) is 20.5. The van der Waals surface area contributed by atoms with Crippen LogP contribution >= 0.6 is 0 Å². The monoisotopic (exact) mass is 424 g/mol. The van der Waals surface area contributed by atoms with Gasteiger partial charge in [0, 0.05) is 26.1 Å². The van der Waals surface area contributed by atoms with Crippen molar-refractivity contribution >= 4 is 17.8 Å². The number of rotatable bonds is 7. The molecule has 0 bridgehead atoms. The number of hydrogen-bond acceptors (Lipinski definition) is 5. The standard InChI is InChI=1S/C24H29FN4O2/c1-31-17-13-22(27-14-17)23(30)28-21-12-16(4-5-19(21)25)24(9-6-15-2-3-15)18-7-10-26-11-8-20(18)29-24/h4-5,7-8,10-12,15,17,20,22,27,29H,2-3,6,9,13-14H2,1H3,(H,28,30)/t17-,20?,22-,24?/m1/s1. The van der Waals surface area contributed by atoms with Crippen molar-refractivity contribution in [1.29, 1.82) is 0 Å². The van der Waals surface area contributed by atoms with Crippen LogP contribution in [-0.2, 0) is 15.1 Å².